The third-order valence-corrected chi connectivity index (χ3v) is 9.62. The summed E-state index contributed by atoms with van der Waals surface area (Å²) in [5.74, 6) is 0.147. The number of piperidine rings is 1. The van der Waals surface area contributed by atoms with Crippen LogP contribution in [0.25, 0.3) is 0 Å². The Morgan fingerprint density at radius 2 is 1.47 bits per heavy atom. The van der Waals surface area contributed by atoms with Crippen LogP contribution in [0.5, 0.6) is 17.2 Å². The van der Waals surface area contributed by atoms with Gasteiger partial charge in [-0.25, -0.2) is 9.59 Å². The van der Waals surface area contributed by atoms with Gasteiger partial charge in [0.25, 0.3) is 5.91 Å². The number of ketones is 1. The fourth-order valence-corrected chi connectivity index (χ4v) is 6.47. The predicted molar refractivity (Wildman–Crippen MR) is 222 cm³/mol. The minimum atomic E-state index is -0.598. The van der Waals surface area contributed by atoms with Gasteiger partial charge in [0, 0.05) is 39.3 Å². The molecule has 3 aromatic rings. The molecule has 1 aliphatic heterocycles. The van der Waals surface area contributed by atoms with Crippen LogP contribution in [0.4, 0.5) is 21.0 Å². The second kappa shape index (κ2) is 20.6. The van der Waals surface area contributed by atoms with E-state index in [1.807, 2.05) is 30.0 Å². The molecule has 1 saturated heterocycles. The largest absolute Gasteiger partial charge is 0.494 e. The summed E-state index contributed by atoms with van der Waals surface area (Å²) < 4.78 is 23.0. The first-order valence-electron chi connectivity index (χ1n) is 19.5. The van der Waals surface area contributed by atoms with Gasteiger partial charge in [-0.3, -0.25) is 9.59 Å². The molecule has 0 aromatic heterocycles. The number of aryl methyl sites for hydroxylation is 1. The summed E-state index contributed by atoms with van der Waals surface area (Å²) in [6, 6.07) is 15.9. The van der Waals surface area contributed by atoms with Crippen molar-refractivity contribution in [3.8, 4) is 17.2 Å². The molecule has 0 radical (unpaired) electrons. The first kappa shape index (κ1) is 44.2. The number of nitrogen functional groups attached to an aromatic ring is 1. The summed E-state index contributed by atoms with van der Waals surface area (Å²) in [6.45, 7) is 10.3. The maximum atomic E-state index is 14.0. The van der Waals surface area contributed by atoms with Gasteiger partial charge in [-0.05, 0) is 116 Å². The van der Waals surface area contributed by atoms with E-state index in [1.165, 1.54) is 24.1 Å². The number of rotatable bonds is 17. The highest BCUT2D eigenvalue weighted by molar-refractivity contribution is 6.16. The number of methoxy groups -OCH3 is 1. The van der Waals surface area contributed by atoms with Crippen LogP contribution in [-0.2, 0) is 4.74 Å². The summed E-state index contributed by atoms with van der Waals surface area (Å²) in [4.78, 5) is 58.0. The number of nitrogens with zero attached hydrogens (tertiary/aromatic N) is 3. The Morgan fingerprint density at radius 3 is 2.16 bits per heavy atom. The number of urea groups is 1. The van der Waals surface area contributed by atoms with Crippen molar-refractivity contribution in [2.45, 2.75) is 71.4 Å². The minimum Gasteiger partial charge on any atom is -0.494 e. The Balaban J connectivity index is 1.36. The Kier molecular flexibility index (Phi) is 16.0. The van der Waals surface area contributed by atoms with Crippen LogP contribution >= 0.6 is 0 Å². The monoisotopic (exact) mass is 788 g/mol. The van der Waals surface area contributed by atoms with Gasteiger partial charge in [-0.1, -0.05) is 18.2 Å². The lowest BCUT2D eigenvalue weighted by Crippen LogP contribution is -2.48. The van der Waals surface area contributed by atoms with E-state index in [2.05, 4.69) is 29.6 Å². The number of benzene rings is 3. The normalized spacial score (nSPS) is 13.2. The van der Waals surface area contributed by atoms with E-state index < -0.39 is 23.4 Å². The van der Waals surface area contributed by atoms with Gasteiger partial charge in [0.1, 0.15) is 17.1 Å². The molecule has 4 amide bonds. The topological polar surface area (TPSA) is 165 Å². The minimum absolute atomic E-state index is 0.0190. The molecule has 310 valence electrons. The van der Waals surface area contributed by atoms with Crippen LogP contribution in [-0.4, -0.2) is 113 Å². The van der Waals surface area contributed by atoms with Crippen LogP contribution in [0.15, 0.2) is 54.6 Å². The molecule has 1 fully saturated rings. The maximum absolute atomic E-state index is 14.0. The highest BCUT2D eigenvalue weighted by Crippen LogP contribution is 2.36. The first-order valence-corrected chi connectivity index (χ1v) is 19.5. The van der Waals surface area contributed by atoms with Crippen molar-refractivity contribution in [1.29, 1.82) is 0 Å². The number of carbonyl (C=O) groups excluding carboxylic acids is 4. The fraction of sp³-hybridized carbons (Fsp3) is 0.488. The van der Waals surface area contributed by atoms with Crippen LogP contribution in [0.2, 0.25) is 0 Å². The molecule has 1 aliphatic rings. The maximum Gasteiger partial charge on any atom is 0.407 e. The number of carbonyl (C=O) groups is 4. The average molecular weight is 789 g/mol. The molecular weight excluding hydrogens is 729 g/mol. The summed E-state index contributed by atoms with van der Waals surface area (Å²) >= 11 is 0. The van der Waals surface area contributed by atoms with Gasteiger partial charge in [0.2, 0.25) is 5.78 Å². The van der Waals surface area contributed by atoms with Crippen LogP contribution in [0, 0.1) is 6.92 Å². The van der Waals surface area contributed by atoms with Crippen LogP contribution in [0.1, 0.15) is 84.7 Å². The van der Waals surface area contributed by atoms with Crippen molar-refractivity contribution >= 4 is 35.2 Å². The number of ether oxygens (including phenoxy) is 4. The molecule has 4 N–H and O–H groups in total. The van der Waals surface area contributed by atoms with E-state index >= 15 is 0 Å². The number of unbranched alkanes of at least 4 members (excludes halogenated alkanes) is 1. The molecular formula is C43H60N6O8. The van der Waals surface area contributed by atoms with Crippen molar-refractivity contribution < 1.29 is 38.1 Å². The molecule has 0 saturated carbocycles. The Labute approximate surface area is 336 Å². The summed E-state index contributed by atoms with van der Waals surface area (Å²) in [7, 11) is 7.19. The lowest BCUT2D eigenvalue weighted by atomic mass is 9.98. The average Bonchev–Trinajstić information content (AvgIpc) is 3.17. The number of hydrogen-bond acceptors (Lipinski definition) is 10. The number of likely N-dealkylation sites (tertiary alicyclic amines) is 1. The van der Waals surface area contributed by atoms with E-state index in [9.17, 15) is 19.2 Å². The van der Waals surface area contributed by atoms with E-state index in [-0.39, 0.29) is 40.8 Å². The highest BCUT2D eigenvalue weighted by atomic mass is 16.6. The first-order chi connectivity index (χ1) is 27.1. The number of anilines is 2. The standard InChI is InChI=1S/C43H60N6O8/c1-29-16-19-34(36(28-29)56-26-12-11-22-45-41(52)49-24-20-30(21-25-49)47(5)6)48(7)40(51)32-17-18-33(39(54-8)37(32)44)38(50)31-14-9-10-15-35(31)55-27-13-23-46-42(53)57-43(2,3)4/h9-10,14-19,28,30H,11-13,20-27,44H2,1-8H3,(H,45,52)(H,46,53). The number of nitrogens with one attached hydrogen (secondary N) is 2. The number of hydrogen-bond donors (Lipinski definition) is 3. The lowest BCUT2D eigenvalue weighted by molar-refractivity contribution is 0.0525. The van der Waals surface area contributed by atoms with Gasteiger partial charge in [-0.15, -0.1) is 0 Å². The highest BCUT2D eigenvalue weighted by Gasteiger charge is 2.27. The predicted octanol–water partition coefficient (Wildman–Crippen LogP) is 6.28. The van der Waals surface area contributed by atoms with E-state index in [1.54, 1.807) is 52.1 Å². The van der Waals surface area contributed by atoms with Crippen molar-refractivity contribution in [3.63, 3.8) is 0 Å². The summed E-state index contributed by atoms with van der Waals surface area (Å²) in [5, 5.41) is 5.71. The molecule has 57 heavy (non-hydrogen) atoms. The quantitative estimate of drug-likeness (QED) is 0.0806. The zero-order valence-electron chi connectivity index (χ0n) is 34.7. The second-order valence-electron chi connectivity index (χ2n) is 15.4. The molecule has 0 unspecified atom stereocenters. The molecule has 4 rings (SSSR count). The molecule has 14 nitrogen and oxygen atoms in total. The SMILES string of the molecule is COc1c(C(=O)c2ccccc2OCCCNC(=O)OC(C)(C)C)ccc(C(=O)N(C)c2ccc(C)cc2OCCCCNC(=O)N2CCC(N(C)C)CC2)c1N. The molecule has 0 spiro atoms. The second-order valence-corrected chi connectivity index (χ2v) is 15.4. The third-order valence-electron chi connectivity index (χ3n) is 9.62. The van der Waals surface area contributed by atoms with Gasteiger partial charge in [0.15, 0.2) is 5.75 Å². The van der Waals surface area contributed by atoms with Gasteiger partial charge < -0.3 is 50.0 Å². The molecule has 0 aliphatic carbocycles. The van der Waals surface area contributed by atoms with E-state index in [4.69, 9.17) is 24.7 Å². The zero-order chi connectivity index (χ0) is 41.7. The van der Waals surface area contributed by atoms with Gasteiger partial charge >= 0.3 is 12.1 Å². The van der Waals surface area contributed by atoms with Crippen LogP contribution in [0.3, 0.4) is 0 Å². The van der Waals surface area contributed by atoms with Gasteiger partial charge in [-0.2, -0.15) is 0 Å². The summed E-state index contributed by atoms with van der Waals surface area (Å²) in [6.07, 6.45) is 3.35. The molecule has 14 heteroatoms. The Bertz CT molecular complexity index is 1850. The summed E-state index contributed by atoms with van der Waals surface area (Å²) in [5.41, 5.74) is 8.09. The van der Waals surface area contributed by atoms with Crippen LogP contribution < -0.4 is 35.5 Å². The van der Waals surface area contributed by atoms with Gasteiger partial charge in [0.05, 0.1) is 48.4 Å². The Hall–Kier alpha value is -5.50. The van der Waals surface area contributed by atoms with E-state index in [0.29, 0.717) is 55.8 Å². The smallest absolute Gasteiger partial charge is 0.407 e. The molecule has 0 bridgehead atoms. The van der Waals surface area contributed by atoms with Crippen molar-refractivity contribution in [1.82, 2.24) is 20.4 Å². The van der Waals surface area contributed by atoms with Crippen molar-refractivity contribution in [2.24, 2.45) is 0 Å². The molecule has 0 atom stereocenters. The fourth-order valence-electron chi connectivity index (χ4n) is 6.47. The van der Waals surface area contributed by atoms with Crippen molar-refractivity contribution in [2.75, 3.05) is 78.3 Å². The molecule has 1 heterocycles. The number of nitrogens with two attached hydrogens (primary N) is 1. The van der Waals surface area contributed by atoms with Crippen molar-refractivity contribution in [3.05, 3.63) is 76.9 Å². The third kappa shape index (κ3) is 12.5. The number of para-hydroxylation sites is 1. The number of amides is 4. The molecule has 3 aromatic carbocycles. The zero-order valence-corrected chi connectivity index (χ0v) is 34.7. The number of alkyl carbamates (subject to hydrolysis) is 1. The van der Waals surface area contributed by atoms with E-state index in [0.717, 1.165) is 37.9 Å². The lowest BCUT2D eigenvalue weighted by Gasteiger charge is -2.35. The Morgan fingerprint density at radius 1 is 0.825 bits per heavy atom.